The molecule has 1 atom stereocenters. The minimum atomic E-state index is 0.0127. The van der Waals surface area contributed by atoms with Crippen molar-refractivity contribution in [1.29, 1.82) is 0 Å². The van der Waals surface area contributed by atoms with Crippen LogP contribution in [-0.2, 0) is 16.1 Å². The maximum absolute atomic E-state index is 12.8. The number of anilines is 1. The van der Waals surface area contributed by atoms with E-state index in [1.807, 2.05) is 58.9 Å². The van der Waals surface area contributed by atoms with Gasteiger partial charge in [0, 0.05) is 38.2 Å². The van der Waals surface area contributed by atoms with E-state index in [9.17, 15) is 9.59 Å². The number of carbonyl (C=O) groups is 2. The lowest BCUT2D eigenvalue weighted by Crippen LogP contribution is -2.40. The summed E-state index contributed by atoms with van der Waals surface area (Å²) in [6.45, 7) is 4.12. The lowest BCUT2D eigenvalue weighted by Gasteiger charge is -2.33. The normalized spacial score (nSPS) is 16.1. The molecule has 1 aliphatic heterocycles. The van der Waals surface area contributed by atoms with Crippen LogP contribution in [0.5, 0.6) is 5.75 Å². The quantitative estimate of drug-likeness (QED) is 0.554. The van der Waals surface area contributed by atoms with Gasteiger partial charge >= 0.3 is 0 Å². The van der Waals surface area contributed by atoms with Gasteiger partial charge in [0.2, 0.25) is 11.8 Å². The number of benzene rings is 2. The molecule has 33 heavy (non-hydrogen) atoms. The summed E-state index contributed by atoms with van der Waals surface area (Å²) in [6, 6.07) is 13.6. The molecule has 1 saturated heterocycles. The maximum atomic E-state index is 12.8. The van der Waals surface area contributed by atoms with Crippen LogP contribution < -0.4 is 10.1 Å². The predicted molar refractivity (Wildman–Crippen MR) is 129 cm³/mol. The number of ether oxygens (including phenoxy) is 1. The molecule has 2 heterocycles. The fraction of sp³-hybridized carbons (Fsp3) is 0.423. The molecule has 1 N–H and O–H groups in total. The van der Waals surface area contributed by atoms with Gasteiger partial charge in [-0.15, -0.1) is 0 Å². The largest absolute Gasteiger partial charge is 0.497 e. The lowest BCUT2D eigenvalue weighted by molar-refractivity contribution is -0.133. The van der Waals surface area contributed by atoms with Crippen LogP contribution in [0.2, 0.25) is 0 Å². The van der Waals surface area contributed by atoms with E-state index in [2.05, 4.69) is 10.3 Å². The number of fused-ring (bicyclic) bond motifs is 1. The van der Waals surface area contributed by atoms with Crippen LogP contribution in [0.3, 0.4) is 0 Å². The number of para-hydroxylation sites is 2. The molecule has 0 spiro atoms. The number of likely N-dealkylation sites (tertiary alicyclic amines) is 1. The van der Waals surface area contributed by atoms with Gasteiger partial charge in [-0.1, -0.05) is 12.1 Å². The first kappa shape index (κ1) is 22.8. The van der Waals surface area contributed by atoms with Gasteiger partial charge < -0.3 is 19.5 Å². The highest BCUT2D eigenvalue weighted by Gasteiger charge is 2.24. The Labute approximate surface area is 194 Å². The molecule has 1 aromatic heterocycles. The van der Waals surface area contributed by atoms with E-state index in [1.54, 1.807) is 13.4 Å². The second kappa shape index (κ2) is 10.5. The number of nitrogens with one attached hydrogen (secondary N) is 1. The summed E-state index contributed by atoms with van der Waals surface area (Å²) < 4.78 is 7.26. The Morgan fingerprint density at radius 3 is 2.85 bits per heavy atom. The molecule has 7 nitrogen and oxygen atoms in total. The van der Waals surface area contributed by atoms with Crippen LogP contribution in [-0.4, -0.2) is 46.5 Å². The molecule has 4 rings (SSSR count). The van der Waals surface area contributed by atoms with E-state index < -0.39 is 0 Å². The Bertz CT molecular complexity index is 1120. The van der Waals surface area contributed by atoms with Crippen molar-refractivity contribution in [1.82, 2.24) is 14.5 Å². The van der Waals surface area contributed by atoms with Crippen LogP contribution in [0.4, 0.5) is 5.69 Å². The fourth-order valence-electron chi connectivity index (χ4n) is 4.54. The standard InChI is InChI=1S/C26H32N4O3/c1-19-16-21(33-2)10-11-22(19)28-25(31)12-9-20-6-5-14-29(17-20)26(32)13-15-30-18-27-23-7-3-4-8-24(23)30/h3-4,7-8,10-11,16,18,20H,5-6,9,12-15,17H2,1-2H3,(H,28,31). The molecule has 1 unspecified atom stereocenters. The average molecular weight is 449 g/mol. The monoisotopic (exact) mass is 448 g/mol. The molecule has 0 bridgehead atoms. The second-order valence-electron chi connectivity index (χ2n) is 8.79. The highest BCUT2D eigenvalue weighted by molar-refractivity contribution is 5.91. The summed E-state index contributed by atoms with van der Waals surface area (Å²) in [5.74, 6) is 1.33. The molecule has 2 amide bonds. The van der Waals surface area contributed by atoms with E-state index in [0.29, 0.717) is 25.3 Å². The van der Waals surface area contributed by atoms with E-state index in [4.69, 9.17) is 4.74 Å². The van der Waals surface area contributed by atoms with Gasteiger partial charge in [-0.3, -0.25) is 9.59 Å². The Morgan fingerprint density at radius 2 is 2.03 bits per heavy atom. The highest BCUT2D eigenvalue weighted by Crippen LogP contribution is 2.24. The summed E-state index contributed by atoms with van der Waals surface area (Å²) in [7, 11) is 1.63. The molecular weight excluding hydrogens is 416 g/mol. The molecule has 1 aliphatic rings. The molecule has 0 aliphatic carbocycles. The molecule has 174 valence electrons. The summed E-state index contributed by atoms with van der Waals surface area (Å²) in [5, 5.41) is 3.00. The van der Waals surface area contributed by atoms with Crippen LogP contribution >= 0.6 is 0 Å². The Kier molecular flexibility index (Phi) is 7.27. The first-order valence-corrected chi connectivity index (χ1v) is 11.7. The number of amides is 2. The van der Waals surface area contributed by atoms with Crippen molar-refractivity contribution < 1.29 is 14.3 Å². The van der Waals surface area contributed by atoms with Crippen LogP contribution in [0.25, 0.3) is 11.0 Å². The third kappa shape index (κ3) is 5.72. The Hall–Kier alpha value is -3.35. The molecule has 0 radical (unpaired) electrons. The lowest BCUT2D eigenvalue weighted by atomic mass is 9.93. The molecular formula is C26H32N4O3. The smallest absolute Gasteiger partial charge is 0.224 e. The van der Waals surface area contributed by atoms with Crippen LogP contribution in [0.1, 0.15) is 37.7 Å². The number of aromatic nitrogens is 2. The number of imidazole rings is 1. The number of methoxy groups -OCH3 is 1. The number of hydrogen-bond donors (Lipinski definition) is 1. The number of nitrogens with zero attached hydrogens (tertiary/aromatic N) is 3. The van der Waals surface area contributed by atoms with Gasteiger partial charge in [-0.05, 0) is 68.0 Å². The molecule has 7 heteroatoms. The second-order valence-corrected chi connectivity index (χ2v) is 8.79. The van der Waals surface area contributed by atoms with Crippen molar-refractivity contribution in [2.24, 2.45) is 5.92 Å². The van der Waals surface area contributed by atoms with Gasteiger partial charge in [0.1, 0.15) is 5.75 Å². The maximum Gasteiger partial charge on any atom is 0.224 e. The molecule has 3 aromatic rings. The summed E-state index contributed by atoms with van der Waals surface area (Å²) in [5.41, 5.74) is 3.79. The predicted octanol–water partition coefficient (Wildman–Crippen LogP) is 4.40. The van der Waals surface area contributed by atoms with Crippen LogP contribution in [0, 0.1) is 12.8 Å². The molecule has 1 fully saturated rings. The zero-order valence-corrected chi connectivity index (χ0v) is 19.4. The van der Waals surface area contributed by atoms with E-state index in [0.717, 1.165) is 60.4 Å². The van der Waals surface area contributed by atoms with Crippen molar-refractivity contribution in [2.75, 3.05) is 25.5 Å². The van der Waals surface area contributed by atoms with Gasteiger partial charge in [-0.25, -0.2) is 4.98 Å². The number of carbonyl (C=O) groups excluding carboxylic acids is 2. The minimum absolute atomic E-state index is 0.0127. The molecule has 2 aromatic carbocycles. The number of rotatable bonds is 8. The zero-order valence-electron chi connectivity index (χ0n) is 19.4. The number of aryl methyl sites for hydroxylation is 2. The summed E-state index contributed by atoms with van der Waals surface area (Å²) in [4.78, 5) is 31.7. The first-order valence-electron chi connectivity index (χ1n) is 11.7. The highest BCUT2D eigenvalue weighted by atomic mass is 16.5. The van der Waals surface area contributed by atoms with Crippen molar-refractivity contribution in [2.45, 2.75) is 45.6 Å². The van der Waals surface area contributed by atoms with E-state index >= 15 is 0 Å². The third-order valence-corrected chi connectivity index (χ3v) is 6.45. The SMILES string of the molecule is COc1ccc(NC(=O)CCC2CCCN(C(=O)CCn3cnc4ccccc43)C2)c(C)c1. The van der Waals surface area contributed by atoms with Gasteiger partial charge in [0.25, 0.3) is 0 Å². The van der Waals surface area contributed by atoms with E-state index in [1.165, 1.54) is 0 Å². The number of hydrogen-bond acceptors (Lipinski definition) is 4. The van der Waals surface area contributed by atoms with Crippen molar-refractivity contribution >= 4 is 28.5 Å². The minimum Gasteiger partial charge on any atom is -0.497 e. The van der Waals surface area contributed by atoms with E-state index in [-0.39, 0.29) is 11.8 Å². The Morgan fingerprint density at radius 1 is 1.18 bits per heavy atom. The Balaban J connectivity index is 1.24. The topological polar surface area (TPSA) is 76.5 Å². The fourth-order valence-corrected chi connectivity index (χ4v) is 4.54. The van der Waals surface area contributed by atoms with Gasteiger partial charge in [0.05, 0.1) is 24.5 Å². The molecule has 0 saturated carbocycles. The zero-order chi connectivity index (χ0) is 23.2. The average Bonchev–Trinajstić information content (AvgIpc) is 3.26. The third-order valence-electron chi connectivity index (χ3n) is 6.45. The summed E-state index contributed by atoms with van der Waals surface area (Å²) in [6.07, 6.45) is 5.56. The first-order chi connectivity index (χ1) is 16.0. The van der Waals surface area contributed by atoms with Crippen molar-refractivity contribution in [3.63, 3.8) is 0 Å². The van der Waals surface area contributed by atoms with Crippen molar-refractivity contribution in [3.05, 3.63) is 54.4 Å². The van der Waals surface area contributed by atoms with Crippen LogP contribution in [0.15, 0.2) is 48.8 Å². The van der Waals surface area contributed by atoms with Gasteiger partial charge in [0.15, 0.2) is 0 Å². The number of piperidine rings is 1. The van der Waals surface area contributed by atoms with Gasteiger partial charge in [-0.2, -0.15) is 0 Å². The van der Waals surface area contributed by atoms with Crippen molar-refractivity contribution in [3.8, 4) is 5.75 Å². The summed E-state index contributed by atoms with van der Waals surface area (Å²) >= 11 is 0.